The predicted molar refractivity (Wildman–Crippen MR) is 109 cm³/mol. The highest BCUT2D eigenvalue weighted by Gasteiger charge is 2.00. The molecule has 0 saturated heterocycles. The molecule has 0 aromatic heterocycles. The second kappa shape index (κ2) is 11.7. The van der Waals surface area contributed by atoms with Crippen LogP contribution in [0, 0.1) is 0 Å². The van der Waals surface area contributed by atoms with E-state index in [4.69, 9.17) is 0 Å². The molecule has 2 rings (SSSR count). The quantitative estimate of drug-likeness (QED) is 0.397. The zero-order valence-corrected chi connectivity index (χ0v) is 15.8. The van der Waals surface area contributed by atoms with Crippen molar-refractivity contribution < 1.29 is 5.11 Å². The lowest BCUT2D eigenvalue weighted by atomic mass is 10.0. The Hall–Kier alpha value is -1.76. The second-order valence-electron chi connectivity index (χ2n) is 7.18. The summed E-state index contributed by atoms with van der Waals surface area (Å²) in [5.74, 6) is 0.326. The van der Waals surface area contributed by atoms with Crippen molar-refractivity contribution in [3.05, 3.63) is 54.1 Å². The van der Waals surface area contributed by atoms with Crippen molar-refractivity contribution in [2.24, 2.45) is 0 Å². The highest BCUT2D eigenvalue weighted by molar-refractivity contribution is 5.65. The Bertz CT molecular complexity index is 585. The van der Waals surface area contributed by atoms with Gasteiger partial charge in [0, 0.05) is 0 Å². The van der Waals surface area contributed by atoms with Crippen molar-refractivity contribution in [2.75, 3.05) is 0 Å². The van der Waals surface area contributed by atoms with Gasteiger partial charge in [-0.15, -0.1) is 0 Å². The van der Waals surface area contributed by atoms with E-state index >= 15 is 0 Å². The van der Waals surface area contributed by atoms with Crippen LogP contribution in [-0.2, 0) is 6.42 Å². The van der Waals surface area contributed by atoms with Crippen molar-refractivity contribution in [2.45, 2.75) is 77.6 Å². The molecule has 0 aliphatic carbocycles. The minimum absolute atomic E-state index is 0.326. The topological polar surface area (TPSA) is 20.2 Å². The number of benzene rings is 2. The van der Waals surface area contributed by atoms with Crippen LogP contribution in [0.5, 0.6) is 5.75 Å². The number of hydrogen-bond donors (Lipinski definition) is 1. The zero-order chi connectivity index (χ0) is 17.7. The van der Waals surface area contributed by atoms with Crippen LogP contribution in [0.25, 0.3) is 11.1 Å². The van der Waals surface area contributed by atoms with Crippen LogP contribution in [0.1, 0.15) is 76.7 Å². The van der Waals surface area contributed by atoms with Gasteiger partial charge < -0.3 is 5.11 Å². The fourth-order valence-corrected chi connectivity index (χ4v) is 3.37. The molecule has 136 valence electrons. The van der Waals surface area contributed by atoms with Crippen molar-refractivity contribution >= 4 is 0 Å². The first-order valence-corrected chi connectivity index (χ1v) is 10.2. The Balaban J connectivity index is 1.59. The average molecular weight is 339 g/mol. The molecule has 1 nitrogen and oxygen atoms in total. The van der Waals surface area contributed by atoms with Crippen molar-refractivity contribution in [3.63, 3.8) is 0 Å². The van der Waals surface area contributed by atoms with E-state index in [1.807, 2.05) is 18.2 Å². The molecular weight excluding hydrogens is 304 g/mol. The summed E-state index contributed by atoms with van der Waals surface area (Å²) in [5, 5.41) is 9.59. The Kier molecular flexibility index (Phi) is 9.18. The summed E-state index contributed by atoms with van der Waals surface area (Å²) in [6.45, 7) is 2.28. The summed E-state index contributed by atoms with van der Waals surface area (Å²) in [6.07, 6.45) is 15.1. The Labute approximate surface area is 154 Å². The van der Waals surface area contributed by atoms with Crippen molar-refractivity contribution in [1.82, 2.24) is 0 Å². The fourth-order valence-electron chi connectivity index (χ4n) is 3.37. The maximum absolute atomic E-state index is 9.59. The molecule has 0 bridgehead atoms. The molecule has 2 aromatic carbocycles. The summed E-state index contributed by atoms with van der Waals surface area (Å²) in [4.78, 5) is 0. The first kappa shape index (κ1) is 19.6. The smallest absolute Gasteiger partial charge is 0.116 e. The molecule has 1 N–H and O–H groups in total. The second-order valence-corrected chi connectivity index (χ2v) is 7.18. The van der Waals surface area contributed by atoms with Gasteiger partial charge in [0.05, 0.1) is 0 Å². The summed E-state index contributed by atoms with van der Waals surface area (Å²) in [6, 6.07) is 16.3. The Morgan fingerprint density at radius 1 is 0.640 bits per heavy atom. The maximum Gasteiger partial charge on any atom is 0.116 e. The maximum atomic E-state index is 9.59. The molecule has 0 heterocycles. The molecular formula is C24H34O. The molecule has 0 amide bonds. The van der Waals surface area contributed by atoms with E-state index < -0.39 is 0 Å². The van der Waals surface area contributed by atoms with E-state index in [2.05, 4.69) is 31.2 Å². The monoisotopic (exact) mass is 338 g/mol. The van der Waals surface area contributed by atoms with Crippen LogP contribution in [0.2, 0.25) is 0 Å². The molecule has 0 fully saturated rings. The highest BCUT2D eigenvalue weighted by Crippen LogP contribution is 2.24. The summed E-state index contributed by atoms with van der Waals surface area (Å²) in [5.41, 5.74) is 3.66. The van der Waals surface area contributed by atoms with Gasteiger partial charge in [0.2, 0.25) is 0 Å². The molecule has 25 heavy (non-hydrogen) atoms. The third kappa shape index (κ3) is 7.77. The lowest BCUT2D eigenvalue weighted by Gasteiger charge is -2.06. The minimum atomic E-state index is 0.326. The van der Waals surface area contributed by atoms with Gasteiger partial charge >= 0.3 is 0 Å². The number of rotatable bonds is 12. The molecule has 0 aliphatic heterocycles. The van der Waals surface area contributed by atoms with E-state index in [1.165, 1.54) is 81.8 Å². The number of hydrogen-bond acceptors (Lipinski definition) is 1. The van der Waals surface area contributed by atoms with Gasteiger partial charge in [-0.05, 0) is 41.7 Å². The van der Waals surface area contributed by atoms with Gasteiger partial charge in [-0.3, -0.25) is 0 Å². The first-order chi connectivity index (χ1) is 12.3. The Morgan fingerprint density at radius 3 is 1.84 bits per heavy atom. The predicted octanol–water partition coefficient (Wildman–Crippen LogP) is 7.52. The van der Waals surface area contributed by atoms with E-state index in [0.717, 1.165) is 5.56 Å². The molecule has 0 radical (unpaired) electrons. The summed E-state index contributed by atoms with van der Waals surface area (Å²) >= 11 is 0. The van der Waals surface area contributed by atoms with Gasteiger partial charge in [-0.25, -0.2) is 0 Å². The molecule has 0 atom stereocenters. The van der Waals surface area contributed by atoms with E-state index in [0.29, 0.717) is 5.75 Å². The number of aromatic hydroxyl groups is 1. The normalized spacial score (nSPS) is 10.9. The Morgan fingerprint density at radius 2 is 1.24 bits per heavy atom. The van der Waals surface area contributed by atoms with Crippen LogP contribution in [0.4, 0.5) is 0 Å². The van der Waals surface area contributed by atoms with Crippen molar-refractivity contribution in [3.8, 4) is 16.9 Å². The van der Waals surface area contributed by atoms with Gasteiger partial charge in [-0.1, -0.05) is 101 Å². The number of phenols is 1. The SMILES string of the molecule is CCCCCCCCCCCCc1ccc(-c2cccc(O)c2)cc1. The molecule has 0 aliphatic rings. The fraction of sp³-hybridized carbons (Fsp3) is 0.500. The molecule has 2 aromatic rings. The summed E-state index contributed by atoms with van der Waals surface area (Å²) < 4.78 is 0. The average Bonchev–Trinajstić information content (AvgIpc) is 2.64. The van der Waals surface area contributed by atoms with Gasteiger partial charge in [0.25, 0.3) is 0 Å². The molecule has 0 unspecified atom stereocenters. The van der Waals surface area contributed by atoms with E-state index in [9.17, 15) is 5.11 Å². The van der Waals surface area contributed by atoms with Crippen LogP contribution in [0.3, 0.4) is 0 Å². The molecule has 1 heteroatoms. The van der Waals surface area contributed by atoms with Crippen LogP contribution in [-0.4, -0.2) is 5.11 Å². The molecule has 0 spiro atoms. The summed E-state index contributed by atoms with van der Waals surface area (Å²) in [7, 11) is 0. The van der Waals surface area contributed by atoms with Gasteiger partial charge in [0.15, 0.2) is 0 Å². The lowest BCUT2D eigenvalue weighted by Crippen LogP contribution is -1.87. The lowest BCUT2D eigenvalue weighted by molar-refractivity contribution is 0.475. The van der Waals surface area contributed by atoms with E-state index in [-0.39, 0.29) is 0 Å². The first-order valence-electron chi connectivity index (χ1n) is 10.2. The minimum Gasteiger partial charge on any atom is -0.508 e. The van der Waals surface area contributed by atoms with E-state index in [1.54, 1.807) is 6.07 Å². The number of phenolic OH excluding ortho intramolecular Hbond substituents is 1. The van der Waals surface area contributed by atoms with Crippen molar-refractivity contribution in [1.29, 1.82) is 0 Å². The highest BCUT2D eigenvalue weighted by atomic mass is 16.3. The van der Waals surface area contributed by atoms with Gasteiger partial charge in [-0.2, -0.15) is 0 Å². The van der Waals surface area contributed by atoms with Crippen LogP contribution < -0.4 is 0 Å². The third-order valence-electron chi connectivity index (χ3n) is 4.95. The zero-order valence-electron chi connectivity index (χ0n) is 15.8. The number of unbranched alkanes of at least 4 members (excludes halogenated alkanes) is 9. The molecule has 0 saturated carbocycles. The van der Waals surface area contributed by atoms with Crippen LogP contribution >= 0.6 is 0 Å². The third-order valence-corrected chi connectivity index (χ3v) is 4.95. The number of aryl methyl sites for hydroxylation is 1. The van der Waals surface area contributed by atoms with Gasteiger partial charge in [0.1, 0.15) is 5.75 Å². The largest absolute Gasteiger partial charge is 0.508 e. The van der Waals surface area contributed by atoms with Crippen LogP contribution in [0.15, 0.2) is 48.5 Å². The standard InChI is InChI=1S/C24H34O/c1-2-3-4-5-6-7-8-9-10-11-13-21-16-18-22(19-17-21)23-14-12-15-24(25)20-23/h12,14-20,25H,2-11,13H2,1H3.